The predicted molar refractivity (Wildman–Crippen MR) is 108 cm³/mol. The molecule has 0 spiro atoms. The summed E-state index contributed by atoms with van der Waals surface area (Å²) in [5.74, 6) is 0.735. The highest BCUT2D eigenvalue weighted by Gasteiger charge is 2.31. The van der Waals surface area contributed by atoms with Crippen molar-refractivity contribution in [1.82, 2.24) is 19.5 Å². The van der Waals surface area contributed by atoms with Gasteiger partial charge < -0.3 is 15.0 Å². The van der Waals surface area contributed by atoms with Gasteiger partial charge >= 0.3 is 0 Å². The quantitative estimate of drug-likeness (QED) is 0.746. The van der Waals surface area contributed by atoms with Crippen LogP contribution >= 0.6 is 0 Å². The van der Waals surface area contributed by atoms with Crippen LogP contribution in [0.15, 0.2) is 23.4 Å². The summed E-state index contributed by atoms with van der Waals surface area (Å²) < 4.78 is 33.2. The lowest BCUT2D eigenvalue weighted by Crippen LogP contribution is -2.49. The first-order valence-electron chi connectivity index (χ1n) is 10.3. The summed E-state index contributed by atoms with van der Waals surface area (Å²) in [7, 11) is -3.55. The number of rotatable bonds is 5. The Morgan fingerprint density at radius 3 is 2.64 bits per heavy atom. The Kier molecular flexibility index (Phi) is 6.47. The second-order valence-electron chi connectivity index (χ2n) is 7.86. The molecule has 3 aliphatic heterocycles. The third kappa shape index (κ3) is 4.49. The Morgan fingerprint density at radius 2 is 1.93 bits per heavy atom. The van der Waals surface area contributed by atoms with Crippen molar-refractivity contribution in [2.24, 2.45) is 5.92 Å². The monoisotopic (exact) mass is 409 g/mol. The van der Waals surface area contributed by atoms with Crippen molar-refractivity contribution in [2.75, 3.05) is 77.0 Å². The molecule has 0 amide bonds. The number of morpholine rings is 1. The van der Waals surface area contributed by atoms with E-state index in [1.165, 1.54) is 23.3 Å². The van der Waals surface area contributed by atoms with Crippen LogP contribution in [0, 0.1) is 5.92 Å². The highest BCUT2D eigenvalue weighted by Crippen LogP contribution is 2.28. The molecule has 3 saturated heterocycles. The van der Waals surface area contributed by atoms with Gasteiger partial charge in [-0.15, -0.1) is 0 Å². The number of nitrogens with zero attached hydrogens (tertiary/aromatic N) is 4. The Hall–Kier alpha value is -1.26. The number of piperazine rings is 1. The molecule has 1 N–H and O–H groups in total. The van der Waals surface area contributed by atoms with E-state index in [9.17, 15) is 8.42 Å². The van der Waals surface area contributed by atoms with Gasteiger partial charge in [0.25, 0.3) is 0 Å². The Labute approximate surface area is 167 Å². The van der Waals surface area contributed by atoms with E-state index in [0.717, 1.165) is 57.4 Å². The minimum absolute atomic E-state index is 0.321. The summed E-state index contributed by atoms with van der Waals surface area (Å²) in [5.41, 5.74) is 0.778. The van der Waals surface area contributed by atoms with Gasteiger partial charge in [-0.1, -0.05) is 0 Å². The number of anilines is 1. The van der Waals surface area contributed by atoms with E-state index < -0.39 is 10.0 Å². The number of piperidine rings is 1. The second kappa shape index (κ2) is 9.04. The number of sulfonamides is 1. The molecule has 0 radical (unpaired) electrons. The van der Waals surface area contributed by atoms with Gasteiger partial charge in [-0.05, 0) is 37.9 Å². The largest absolute Gasteiger partial charge is 0.379 e. The molecule has 1 atom stereocenters. The number of nitrogens with one attached hydrogen (secondary N) is 1. The minimum Gasteiger partial charge on any atom is -0.379 e. The topological polar surface area (TPSA) is 78.0 Å². The van der Waals surface area contributed by atoms with Crippen LogP contribution in [0.4, 0.5) is 5.69 Å². The van der Waals surface area contributed by atoms with Crippen molar-refractivity contribution >= 4 is 15.7 Å². The van der Waals surface area contributed by atoms with Crippen molar-refractivity contribution in [3.63, 3.8) is 0 Å². The van der Waals surface area contributed by atoms with Crippen LogP contribution < -0.4 is 10.2 Å². The lowest BCUT2D eigenvalue weighted by atomic mass is 9.99. The molecule has 28 heavy (non-hydrogen) atoms. The van der Waals surface area contributed by atoms with E-state index in [-0.39, 0.29) is 0 Å². The molecule has 8 nitrogen and oxygen atoms in total. The first kappa shape index (κ1) is 20.0. The molecule has 4 heterocycles. The van der Waals surface area contributed by atoms with E-state index in [2.05, 4.69) is 20.1 Å². The molecule has 0 saturated carbocycles. The molecule has 1 unspecified atom stereocenters. The molecule has 0 aliphatic carbocycles. The van der Waals surface area contributed by atoms with E-state index in [0.29, 0.717) is 31.2 Å². The SMILES string of the molecule is O=S(=O)(c1cnccc1N1CCN(CC2CCCNC2)CC1)N1CCOCC1. The zero-order chi connectivity index (χ0) is 19.4. The normalized spacial score (nSPS) is 25.7. The van der Waals surface area contributed by atoms with E-state index in [1.807, 2.05) is 6.07 Å². The van der Waals surface area contributed by atoms with Crippen molar-refractivity contribution in [3.8, 4) is 0 Å². The standard InChI is InChI=1S/C19H31N5O3S/c25-28(26,24-10-12-27-13-11-24)19-15-21-5-3-18(19)23-8-6-22(7-9-23)16-17-2-1-4-20-14-17/h3,5,15,17,20H,1-2,4,6-14,16H2. The van der Waals surface area contributed by atoms with Crippen LogP contribution in [0.1, 0.15) is 12.8 Å². The molecule has 3 fully saturated rings. The zero-order valence-corrected chi connectivity index (χ0v) is 17.2. The van der Waals surface area contributed by atoms with Gasteiger partial charge in [-0.25, -0.2) is 8.42 Å². The number of aromatic nitrogens is 1. The highest BCUT2D eigenvalue weighted by atomic mass is 32.2. The summed E-state index contributed by atoms with van der Waals surface area (Å²) in [6.45, 7) is 8.72. The van der Waals surface area contributed by atoms with Crippen LogP contribution in [0.5, 0.6) is 0 Å². The lowest BCUT2D eigenvalue weighted by Gasteiger charge is -2.39. The average Bonchev–Trinajstić information content (AvgIpc) is 2.76. The average molecular weight is 410 g/mol. The van der Waals surface area contributed by atoms with E-state index in [4.69, 9.17) is 4.74 Å². The van der Waals surface area contributed by atoms with E-state index in [1.54, 1.807) is 6.20 Å². The lowest BCUT2D eigenvalue weighted by molar-refractivity contribution is 0.0730. The molecule has 3 aliphatic rings. The fourth-order valence-corrected chi connectivity index (χ4v) is 5.94. The van der Waals surface area contributed by atoms with Gasteiger partial charge in [-0.2, -0.15) is 4.31 Å². The van der Waals surface area contributed by atoms with Gasteiger partial charge in [0.1, 0.15) is 4.90 Å². The first-order chi connectivity index (χ1) is 13.6. The highest BCUT2D eigenvalue weighted by molar-refractivity contribution is 7.89. The molecule has 156 valence electrons. The second-order valence-corrected chi connectivity index (χ2v) is 9.77. The number of hydrogen-bond donors (Lipinski definition) is 1. The maximum Gasteiger partial charge on any atom is 0.246 e. The molecule has 1 aromatic heterocycles. The third-order valence-electron chi connectivity index (χ3n) is 5.98. The van der Waals surface area contributed by atoms with Crippen LogP contribution in [0.25, 0.3) is 0 Å². The van der Waals surface area contributed by atoms with Crippen molar-refractivity contribution in [2.45, 2.75) is 17.7 Å². The molecular formula is C19H31N5O3S. The van der Waals surface area contributed by atoms with Crippen molar-refractivity contribution in [1.29, 1.82) is 0 Å². The van der Waals surface area contributed by atoms with E-state index >= 15 is 0 Å². The molecule has 0 bridgehead atoms. The minimum atomic E-state index is -3.55. The number of pyridine rings is 1. The third-order valence-corrected chi connectivity index (χ3v) is 7.89. The fourth-order valence-electron chi connectivity index (χ4n) is 4.37. The van der Waals surface area contributed by atoms with Crippen LogP contribution in [0.3, 0.4) is 0 Å². The predicted octanol–water partition coefficient (Wildman–Crippen LogP) is 0.224. The number of ether oxygens (including phenoxy) is 1. The molecule has 1 aromatic rings. The summed E-state index contributed by atoms with van der Waals surface area (Å²) in [5, 5.41) is 3.49. The molecule has 4 rings (SSSR count). The summed E-state index contributed by atoms with van der Waals surface area (Å²) in [6, 6.07) is 1.84. The first-order valence-corrected chi connectivity index (χ1v) is 11.8. The molecule has 9 heteroatoms. The van der Waals surface area contributed by atoms with Crippen LogP contribution in [0.2, 0.25) is 0 Å². The summed E-state index contributed by atoms with van der Waals surface area (Å²) in [6.07, 6.45) is 5.76. The van der Waals surface area contributed by atoms with Gasteiger partial charge in [0.15, 0.2) is 0 Å². The number of hydrogen-bond acceptors (Lipinski definition) is 7. The maximum absolute atomic E-state index is 13.2. The zero-order valence-electron chi connectivity index (χ0n) is 16.4. The Balaban J connectivity index is 1.42. The van der Waals surface area contributed by atoms with Crippen molar-refractivity contribution in [3.05, 3.63) is 18.5 Å². The van der Waals surface area contributed by atoms with Gasteiger partial charge in [0.2, 0.25) is 10.0 Å². The molecule has 0 aromatic carbocycles. The van der Waals surface area contributed by atoms with Gasteiger partial charge in [-0.3, -0.25) is 9.88 Å². The van der Waals surface area contributed by atoms with Crippen LogP contribution in [-0.2, 0) is 14.8 Å². The van der Waals surface area contributed by atoms with Gasteiger partial charge in [0.05, 0.1) is 18.9 Å². The van der Waals surface area contributed by atoms with Crippen molar-refractivity contribution < 1.29 is 13.2 Å². The fraction of sp³-hybridized carbons (Fsp3) is 0.737. The maximum atomic E-state index is 13.2. The summed E-state index contributed by atoms with van der Waals surface area (Å²) in [4.78, 5) is 9.15. The smallest absolute Gasteiger partial charge is 0.246 e. The Morgan fingerprint density at radius 1 is 1.14 bits per heavy atom. The summed E-state index contributed by atoms with van der Waals surface area (Å²) >= 11 is 0. The Bertz CT molecular complexity index is 740. The van der Waals surface area contributed by atoms with Gasteiger partial charge in [0, 0.05) is 58.2 Å². The molecular weight excluding hydrogens is 378 g/mol. The van der Waals surface area contributed by atoms with Crippen LogP contribution in [-0.4, -0.2) is 94.7 Å².